The van der Waals surface area contributed by atoms with E-state index in [0.717, 1.165) is 42.1 Å². The summed E-state index contributed by atoms with van der Waals surface area (Å²) >= 11 is 1.60. The number of hydrogen-bond acceptors (Lipinski definition) is 9. The summed E-state index contributed by atoms with van der Waals surface area (Å²) in [5.74, 6) is 1.31. The third kappa shape index (κ3) is 4.15. The first-order chi connectivity index (χ1) is 14.0. The molecule has 2 unspecified atom stereocenters. The van der Waals surface area contributed by atoms with Crippen molar-refractivity contribution in [1.82, 2.24) is 30.0 Å². The molecule has 0 aromatic carbocycles. The molecule has 4 rings (SSSR count). The number of nitrogens with zero attached hydrogens (tertiary/aromatic N) is 6. The van der Waals surface area contributed by atoms with Gasteiger partial charge in [-0.05, 0) is 19.4 Å². The molecule has 0 saturated carbocycles. The highest BCUT2D eigenvalue weighted by Gasteiger charge is 2.49. The zero-order valence-corrected chi connectivity index (χ0v) is 17.4. The maximum Gasteiger partial charge on any atom is 0.325 e. The molecule has 0 radical (unpaired) electrons. The van der Waals surface area contributed by atoms with Crippen molar-refractivity contribution in [3.05, 3.63) is 18.0 Å². The lowest BCUT2D eigenvalue weighted by Crippen LogP contribution is -2.64. The maximum absolute atomic E-state index is 12.6. The van der Waals surface area contributed by atoms with Crippen LogP contribution in [0.25, 0.3) is 0 Å². The number of hydrogen-bond donors (Lipinski definition) is 1. The van der Waals surface area contributed by atoms with E-state index in [-0.39, 0.29) is 5.91 Å². The molecule has 11 heteroatoms. The van der Waals surface area contributed by atoms with E-state index in [2.05, 4.69) is 20.2 Å². The number of morpholine rings is 1. The van der Waals surface area contributed by atoms with Gasteiger partial charge in [-0.3, -0.25) is 10.1 Å². The van der Waals surface area contributed by atoms with E-state index in [9.17, 15) is 9.59 Å². The predicted molar refractivity (Wildman–Crippen MR) is 108 cm³/mol. The maximum atomic E-state index is 12.6. The third-order valence-corrected chi connectivity index (χ3v) is 6.13. The third-order valence-electron chi connectivity index (χ3n) is 5.18. The van der Waals surface area contributed by atoms with Crippen LogP contribution in [0.1, 0.15) is 12.1 Å². The molecule has 0 spiro atoms. The monoisotopic (exact) mass is 419 g/mol. The van der Waals surface area contributed by atoms with Gasteiger partial charge in [0.05, 0.1) is 13.2 Å². The Hall–Kier alpha value is -2.40. The Bertz CT molecular complexity index is 814. The van der Waals surface area contributed by atoms with Gasteiger partial charge in [-0.1, -0.05) is 11.8 Å². The fourth-order valence-corrected chi connectivity index (χ4v) is 4.47. The topological polar surface area (TPSA) is 103 Å². The number of thioether (sulfide) groups is 1. The first-order valence-corrected chi connectivity index (χ1v) is 10.7. The minimum absolute atomic E-state index is 0.292. The summed E-state index contributed by atoms with van der Waals surface area (Å²) in [6, 6.07) is 0.963. The van der Waals surface area contributed by atoms with Crippen molar-refractivity contribution in [2.75, 3.05) is 45.6 Å². The van der Waals surface area contributed by atoms with E-state index in [0.29, 0.717) is 19.8 Å². The minimum Gasteiger partial charge on any atom is -0.378 e. The second kappa shape index (κ2) is 8.54. The molecule has 0 aliphatic carbocycles. The highest BCUT2D eigenvalue weighted by molar-refractivity contribution is 7.99. The number of fused-ring (bicyclic) bond motifs is 1. The average molecular weight is 420 g/mol. The van der Waals surface area contributed by atoms with E-state index < -0.39 is 18.2 Å². The van der Waals surface area contributed by atoms with Gasteiger partial charge in [-0.2, -0.15) is 0 Å². The van der Waals surface area contributed by atoms with Crippen molar-refractivity contribution in [2.45, 2.75) is 30.7 Å². The summed E-state index contributed by atoms with van der Waals surface area (Å²) in [4.78, 5) is 43.8. The smallest absolute Gasteiger partial charge is 0.325 e. The summed E-state index contributed by atoms with van der Waals surface area (Å²) in [6.07, 6.45) is 2.10. The molecule has 0 bridgehead atoms. The number of guanidine groups is 1. The summed E-state index contributed by atoms with van der Waals surface area (Å²) in [6.45, 7) is 5.31. The molecule has 1 N–H and O–H groups in total. The van der Waals surface area contributed by atoms with Gasteiger partial charge in [0.25, 0.3) is 5.91 Å². The van der Waals surface area contributed by atoms with Crippen molar-refractivity contribution in [1.29, 1.82) is 0 Å². The molecule has 10 nitrogen and oxygen atoms in total. The molecule has 1 aromatic rings. The number of imide groups is 1. The fourth-order valence-electron chi connectivity index (χ4n) is 3.67. The van der Waals surface area contributed by atoms with Gasteiger partial charge in [0.2, 0.25) is 0 Å². The fraction of sp³-hybridized carbons (Fsp3) is 0.611. The predicted octanol–water partition coefficient (Wildman–Crippen LogP) is 0.147. The molecule has 3 aliphatic heterocycles. The van der Waals surface area contributed by atoms with Gasteiger partial charge in [0.15, 0.2) is 23.3 Å². The Balaban J connectivity index is 1.45. The van der Waals surface area contributed by atoms with E-state index in [1.807, 2.05) is 17.9 Å². The number of nitrogens with one attached hydrogen (secondary N) is 1. The average Bonchev–Trinajstić information content (AvgIpc) is 3.10. The second-order valence-electron chi connectivity index (χ2n) is 7.17. The van der Waals surface area contributed by atoms with Crippen LogP contribution in [0.4, 0.5) is 4.79 Å². The number of aryl methyl sites for hydroxylation is 1. The molecular formula is C18H25N7O3S. The van der Waals surface area contributed by atoms with Crippen molar-refractivity contribution in [3.8, 4) is 0 Å². The molecule has 1 aromatic heterocycles. The summed E-state index contributed by atoms with van der Waals surface area (Å²) in [5.41, 5.74) is 0.943. The zero-order valence-electron chi connectivity index (χ0n) is 16.6. The van der Waals surface area contributed by atoms with Crippen LogP contribution in [0.5, 0.6) is 0 Å². The number of aromatic nitrogens is 2. The summed E-state index contributed by atoms with van der Waals surface area (Å²) in [5, 5.41) is 3.20. The Labute approximate surface area is 173 Å². The second-order valence-corrected chi connectivity index (χ2v) is 8.23. The Morgan fingerprint density at radius 1 is 1.31 bits per heavy atom. The van der Waals surface area contributed by atoms with Gasteiger partial charge in [-0.25, -0.2) is 19.8 Å². The van der Waals surface area contributed by atoms with Crippen LogP contribution in [0, 0.1) is 6.92 Å². The van der Waals surface area contributed by atoms with Crippen molar-refractivity contribution >= 4 is 29.7 Å². The number of amides is 3. The molecule has 2 fully saturated rings. The van der Waals surface area contributed by atoms with Crippen molar-refractivity contribution in [3.63, 3.8) is 0 Å². The van der Waals surface area contributed by atoms with E-state index >= 15 is 0 Å². The van der Waals surface area contributed by atoms with Crippen LogP contribution in [-0.2, 0) is 9.53 Å². The zero-order chi connectivity index (χ0) is 20.4. The highest BCUT2D eigenvalue weighted by atomic mass is 32.2. The number of ether oxygens (including phenoxy) is 1. The number of urea groups is 1. The number of carbonyl (C=O) groups is 2. The highest BCUT2D eigenvalue weighted by Crippen LogP contribution is 2.26. The quantitative estimate of drug-likeness (QED) is 0.409. The molecule has 3 amide bonds. The van der Waals surface area contributed by atoms with Gasteiger partial charge < -0.3 is 19.4 Å². The van der Waals surface area contributed by atoms with Crippen molar-refractivity contribution in [2.24, 2.45) is 4.99 Å². The van der Waals surface area contributed by atoms with Gasteiger partial charge in [0.1, 0.15) is 0 Å². The lowest BCUT2D eigenvalue weighted by Gasteiger charge is -2.38. The van der Waals surface area contributed by atoms with Crippen LogP contribution in [-0.4, -0.2) is 100 Å². The van der Waals surface area contributed by atoms with E-state index in [4.69, 9.17) is 9.73 Å². The normalized spacial score (nSPS) is 24.5. The van der Waals surface area contributed by atoms with E-state index in [1.54, 1.807) is 25.0 Å². The van der Waals surface area contributed by atoms with Gasteiger partial charge in [0, 0.05) is 44.3 Å². The van der Waals surface area contributed by atoms with Gasteiger partial charge in [-0.15, -0.1) is 0 Å². The first kappa shape index (κ1) is 19.9. The molecule has 2 saturated heterocycles. The number of carbonyl (C=O) groups excluding carboxylic acids is 2. The van der Waals surface area contributed by atoms with Crippen LogP contribution >= 0.6 is 11.8 Å². The van der Waals surface area contributed by atoms with Crippen LogP contribution in [0.2, 0.25) is 0 Å². The standard InChI is InChI=1S/C18H25N7O3S/c1-12-4-5-19-16(20-12)29-11-3-6-25-13-14(23(2)18(27)22-15(13)26)21-17(25)24-7-9-28-10-8-24/h4-5,13-14H,3,6-11H2,1-2H3,(H,22,26,27). The Kier molecular flexibility index (Phi) is 5.86. The molecular weight excluding hydrogens is 394 g/mol. The largest absolute Gasteiger partial charge is 0.378 e. The SMILES string of the molecule is Cc1ccnc(SCCCN2C(N3CCOCC3)=NC3C2C(=O)NC(=O)N3C)n1. The Morgan fingerprint density at radius 2 is 2.10 bits per heavy atom. The number of aliphatic imine (C=N–C) groups is 1. The lowest BCUT2D eigenvalue weighted by atomic mass is 10.1. The molecule has 3 aliphatic rings. The summed E-state index contributed by atoms with van der Waals surface area (Å²) < 4.78 is 5.45. The molecule has 4 heterocycles. The molecule has 156 valence electrons. The molecule has 2 atom stereocenters. The lowest BCUT2D eigenvalue weighted by molar-refractivity contribution is -0.127. The minimum atomic E-state index is -0.504. The van der Waals surface area contributed by atoms with Gasteiger partial charge >= 0.3 is 6.03 Å². The number of likely N-dealkylation sites (N-methyl/N-ethyl adjacent to an activating group) is 1. The van der Waals surface area contributed by atoms with E-state index in [1.165, 1.54) is 4.90 Å². The number of rotatable bonds is 5. The van der Waals surface area contributed by atoms with Crippen molar-refractivity contribution < 1.29 is 14.3 Å². The van der Waals surface area contributed by atoms with Crippen LogP contribution < -0.4 is 5.32 Å². The molecule has 29 heavy (non-hydrogen) atoms. The summed E-state index contributed by atoms with van der Waals surface area (Å²) in [7, 11) is 1.67. The first-order valence-electron chi connectivity index (χ1n) is 9.72. The Morgan fingerprint density at radius 3 is 2.86 bits per heavy atom. The van der Waals surface area contributed by atoms with Crippen LogP contribution in [0.3, 0.4) is 0 Å². The van der Waals surface area contributed by atoms with Crippen LogP contribution in [0.15, 0.2) is 22.4 Å².